The van der Waals surface area contributed by atoms with Gasteiger partial charge in [0.2, 0.25) is 10.3 Å². The lowest BCUT2D eigenvalue weighted by Crippen LogP contribution is -2.24. The van der Waals surface area contributed by atoms with Crippen LogP contribution in [0.1, 0.15) is 25.0 Å². The number of rotatable bonds is 6. The van der Waals surface area contributed by atoms with Crippen molar-refractivity contribution in [1.82, 2.24) is 4.57 Å². The van der Waals surface area contributed by atoms with Crippen molar-refractivity contribution >= 4 is 38.4 Å². The molecular weight excluding hydrogens is 482 g/mol. The number of thiophene rings is 1. The number of hydrogen-bond acceptors (Lipinski definition) is 5. The highest BCUT2D eigenvalue weighted by molar-refractivity contribution is 7.92. The van der Waals surface area contributed by atoms with Crippen LogP contribution in [-0.2, 0) is 17.7 Å². The molecule has 0 N–H and O–H groups in total. The van der Waals surface area contributed by atoms with Gasteiger partial charge in [0.25, 0.3) is 5.69 Å². The second-order valence-corrected chi connectivity index (χ2v) is 11.0. The van der Waals surface area contributed by atoms with Crippen LogP contribution in [0.3, 0.4) is 0 Å². The number of hydrogen-bond donors (Lipinski definition) is 0. The first-order chi connectivity index (χ1) is 16.1. The molecule has 0 amide bonds. The Morgan fingerprint density at radius 2 is 1.74 bits per heavy atom. The summed E-state index contributed by atoms with van der Waals surface area (Å²) in [7, 11) is 0. The second kappa shape index (κ2) is 9.28. The zero-order valence-electron chi connectivity index (χ0n) is 18.5. The fourth-order valence-electron chi connectivity index (χ4n) is 3.73. The summed E-state index contributed by atoms with van der Waals surface area (Å²) in [5.41, 5.74) is 0.653. The third-order valence-corrected chi connectivity index (χ3v) is 8.45. The number of fused-ring (bicyclic) bond motifs is 1. The molecule has 34 heavy (non-hydrogen) atoms. The van der Waals surface area contributed by atoms with E-state index >= 15 is 0 Å². The van der Waals surface area contributed by atoms with Crippen molar-refractivity contribution in [3.05, 3.63) is 91.8 Å². The number of halogens is 2. The maximum Gasteiger partial charge on any atom is 0.269 e. The monoisotopic (exact) mass is 502 g/mol. The lowest BCUT2D eigenvalue weighted by Gasteiger charge is -2.16. The summed E-state index contributed by atoms with van der Waals surface area (Å²) < 4.78 is 43.3. The molecule has 2 heterocycles. The molecule has 4 aromatic rings. The summed E-state index contributed by atoms with van der Waals surface area (Å²) in [6.45, 7) is 5.00. The third kappa shape index (κ3) is 4.24. The first-order valence-corrected chi connectivity index (χ1v) is 12.4. The summed E-state index contributed by atoms with van der Waals surface area (Å²) in [6.07, 6.45) is 1.42. The summed E-state index contributed by atoms with van der Waals surface area (Å²) in [6, 6.07) is 9.53. The fraction of sp³-hybridized carbons (Fsp3) is 0.208. The van der Waals surface area contributed by atoms with Gasteiger partial charge in [-0.3, -0.25) is 14.9 Å². The van der Waals surface area contributed by atoms with Crippen LogP contribution in [0.2, 0.25) is 0 Å². The number of nitro benzene ring substituents is 1. The van der Waals surface area contributed by atoms with E-state index in [-0.39, 0.29) is 27.9 Å². The third-order valence-electron chi connectivity index (χ3n) is 5.49. The van der Waals surface area contributed by atoms with Gasteiger partial charge in [-0.1, -0.05) is 6.07 Å². The molecule has 0 spiro atoms. The van der Waals surface area contributed by atoms with Crippen LogP contribution in [0.15, 0.2) is 58.4 Å². The predicted molar refractivity (Wildman–Crippen MR) is 130 cm³/mol. The fourth-order valence-corrected chi connectivity index (χ4v) is 6.04. The van der Waals surface area contributed by atoms with Gasteiger partial charge in [-0.15, -0.1) is 11.3 Å². The molecule has 0 saturated heterocycles. The van der Waals surface area contributed by atoms with Crippen molar-refractivity contribution in [2.75, 3.05) is 0 Å². The van der Waals surface area contributed by atoms with Crippen LogP contribution in [-0.4, -0.2) is 19.3 Å². The number of nitrogens with zero attached hydrogens (tertiary/aromatic N) is 2. The van der Waals surface area contributed by atoms with Crippen molar-refractivity contribution in [2.45, 2.75) is 37.5 Å². The summed E-state index contributed by atoms with van der Waals surface area (Å²) >= 11 is -0.384. The molecular formula is C24H20F2N2O4S2. The standard InChI is InChI=1S/C24H20F2N2O4S2/c1-13(2)34(32)20-12-27(11-17-18(25)5-4-6-19(17)26)24-21(22(20)29)14(3)23(33-24)15-7-9-16(10-8-15)28(30)31/h4-10,12-13H,11H2,1-3H3. The molecule has 10 heteroatoms. The minimum absolute atomic E-state index is 0.0632. The zero-order valence-corrected chi connectivity index (χ0v) is 20.1. The molecule has 176 valence electrons. The van der Waals surface area contributed by atoms with E-state index in [4.69, 9.17) is 0 Å². The molecule has 1 unspecified atom stereocenters. The predicted octanol–water partition coefficient (Wildman–Crippen LogP) is 5.79. The average molecular weight is 503 g/mol. The Morgan fingerprint density at radius 3 is 2.29 bits per heavy atom. The summed E-state index contributed by atoms with van der Waals surface area (Å²) in [5.74, 6) is -1.44. The van der Waals surface area contributed by atoms with Crippen LogP contribution in [0.5, 0.6) is 0 Å². The van der Waals surface area contributed by atoms with Gasteiger partial charge in [0.05, 0.1) is 23.1 Å². The molecule has 0 aliphatic carbocycles. The van der Waals surface area contributed by atoms with Crippen molar-refractivity contribution < 1.29 is 18.3 Å². The van der Waals surface area contributed by atoms with Gasteiger partial charge in [0, 0.05) is 22.6 Å². The van der Waals surface area contributed by atoms with Crippen molar-refractivity contribution in [1.29, 1.82) is 0 Å². The number of benzene rings is 2. The van der Waals surface area contributed by atoms with E-state index in [1.54, 1.807) is 37.5 Å². The van der Waals surface area contributed by atoms with Gasteiger partial charge in [0.15, 0.2) is 0 Å². The Labute approximate surface area is 200 Å². The van der Waals surface area contributed by atoms with Crippen molar-refractivity contribution in [3.8, 4) is 10.4 Å². The van der Waals surface area contributed by atoms with Gasteiger partial charge in [-0.2, -0.15) is 0 Å². The minimum atomic E-state index is -1.62. The highest BCUT2D eigenvalue weighted by atomic mass is 32.2. The molecule has 2 aromatic carbocycles. The van der Waals surface area contributed by atoms with Gasteiger partial charge in [-0.25, -0.2) is 8.78 Å². The number of nitro groups is 1. The number of aromatic nitrogens is 1. The molecule has 2 aromatic heterocycles. The SMILES string of the molecule is Cc1c(-c2ccc([N+](=O)[O-])cc2)sc2c1c(=O)c([S+]([O-])C(C)C)cn2Cc1c(F)cccc1F. The largest absolute Gasteiger partial charge is 0.611 e. The molecule has 0 radical (unpaired) electrons. The molecule has 0 fully saturated rings. The molecule has 4 rings (SSSR count). The van der Waals surface area contributed by atoms with Crippen LogP contribution < -0.4 is 5.43 Å². The maximum absolute atomic E-state index is 14.4. The van der Waals surface area contributed by atoms with E-state index in [2.05, 4.69) is 0 Å². The van der Waals surface area contributed by atoms with E-state index < -0.39 is 33.2 Å². The minimum Gasteiger partial charge on any atom is -0.611 e. The van der Waals surface area contributed by atoms with E-state index in [9.17, 15) is 28.2 Å². The Hall–Kier alpha value is -3.08. The Kier molecular flexibility index (Phi) is 6.57. The topological polar surface area (TPSA) is 88.2 Å². The summed E-state index contributed by atoms with van der Waals surface area (Å²) in [4.78, 5) is 25.1. The molecule has 0 aliphatic heterocycles. The van der Waals surface area contributed by atoms with Gasteiger partial charge in [0.1, 0.15) is 21.7 Å². The smallest absolute Gasteiger partial charge is 0.269 e. The zero-order chi connectivity index (χ0) is 24.7. The molecule has 1 atom stereocenters. The Morgan fingerprint density at radius 1 is 1.12 bits per heavy atom. The maximum atomic E-state index is 14.4. The molecule has 0 bridgehead atoms. The summed E-state index contributed by atoms with van der Waals surface area (Å²) in [5, 5.41) is 11.0. The quantitative estimate of drug-likeness (QED) is 0.190. The average Bonchev–Trinajstić information content (AvgIpc) is 3.15. The highest BCUT2D eigenvalue weighted by Crippen LogP contribution is 2.38. The highest BCUT2D eigenvalue weighted by Gasteiger charge is 2.26. The molecule has 0 aliphatic rings. The van der Waals surface area contributed by atoms with Crippen molar-refractivity contribution in [2.24, 2.45) is 0 Å². The number of aryl methyl sites for hydroxylation is 1. The van der Waals surface area contributed by atoms with Crippen molar-refractivity contribution in [3.63, 3.8) is 0 Å². The van der Waals surface area contributed by atoms with Crippen LogP contribution in [0.4, 0.5) is 14.5 Å². The van der Waals surface area contributed by atoms with E-state index in [1.165, 1.54) is 35.7 Å². The lowest BCUT2D eigenvalue weighted by molar-refractivity contribution is -0.384. The molecule has 0 saturated carbocycles. The first kappa shape index (κ1) is 24.1. The van der Waals surface area contributed by atoms with E-state index in [1.807, 2.05) is 0 Å². The van der Waals surface area contributed by atoms with Crippen LogP contribution in [0, 0.1) is 28.7 Å². The van der Waals surface area contributed by atoms with Crippen LogP contribution in [0.25, 0.3) is 20.7 Å². The first-order valence-electron chi connectivity index (χ1n) is 10.3. The number of non-ortho nitro benzene ring substituents is 1. The van der Waals surface area contributed by atoms with Gasteiger partial charge < -0.3 is 9.12 Å². The molecule has 6 nitrogen and oxygen atoms in total. The number of pyridine rings is 1. The van der Waals surface area contributed by atoms with Gasteiger partial charge in [-0.05, 0) is 67.3 Å². The van der Waals surface area contributed by atoms with E-state index in [0.717, 1.165) is 12.1 Å². The normalized spacial score (nSPS) is 12.4. The second-order valence-electron chi connectivity index (χ2n) is 8.04. The van der Waals surface area contributed by atoms with E-state index in [0.29, 0.717) is 26.2 Å². The van der Waals surface area contributed by atoms with Crippen LogP contribution >= 0.6 is 11.3 Å². The lowest BCUT2D eigenvalue weighted by atomic mass is 10.1. The Balaban J connectivity index is 1.98. The Bertz CT molecular complexity index is 1440. The van der Waals surface area contributed by atoms with Gasteiger partial charge >= 0.3 is 0 Å².